The Bertz CT molecular complexity index is 1160. The molecule has 0 unspecified atom stereocenters. The number of carbonyl (C=O) groups is 3. The number of hydrogen-bond acceptors (Lipinski definition) is 6. The van der Waals surface area contributed by atoms with Crippen LogP contribution in [0.15, 0.2) is 30.9 Å². The molecule has 0 spiro atoms. The number of nitrogen functional groups attached to an aromatic ring is 1. The molecule has 2 aliphatic rings. The molecule has 0 aromatic carbocycles. The van der Waals surface area contributed by atoms with Crippen LogP contribution in [0.5, 0.6) is 0 Å². The highest BCUT2D eigenvalue weighted by molar-refractivity contribution is 6.12. The number of aryl methyl sites for hydroxylation is 1. The first-order valence-electron chi connectivity index (χ1n) is 12.1. The predicted molar refractivity (Wildman–Crippen MR) is 128 cm³/mol. The molecule has 13 heteroatoms. The molecule has 0 radical (unpaired) electrons. The number of rotatable bonds is 6. The monoisotopic (exact) mass is 521 g/mol. The van der Waals surface area contributed by atoms with Gasteiger partial charge in [0.2, 0.25) is 5.91 Å². The summed E-state index contributed by atoms with van der Waals surface area (Å²) in [6.07, 6.45) is 2.66. The Kier molecular flexibility index (Phi) is 7.42. The first-order valence-corrected chi connectivity index (χ1v) is 12.1. The lowest BCUT2D eigenvalue weighted by Crippen LogP contribution is -2.71. The number of nitrogens with zero attached hydrogens (tertiary/aromatic N) is 5. The van der Waals surface area contributed by atoms with Crippen molar-refractivity contribution in [3.63, 3.8) is 0 Å². The van der Waals surface area contributed by atoms with Crippen LogP contribution in [0.1, 0.15) is 37.7 Å². The number of halogens is 3. The molecule has 10 nitrogen and oxygen atoms in total. The highest BCUT2D eigenvalue weighted by Gasteiger charge is 2.57. The van der Waals surface area contributed by atoms with Gasteiger partial charge in [-0.2, -0.15) is 13.2 Å². The number of nitrogens with one attached hydrogen (secondary N) is 1. The van der Waals surface area contributed by atoms with Gasteiger partial charge in [0.1, 0.15) is 17.9 Å². The lowest BCUT2D eigenvalue weighted by Gasteiger charge is -2.46. The number of nitrogens with two attached hydrogens (primary N) is 1. The average Bonchev–Trinajstić information content (AvgIpc) is 3.29. The summed E-state index contributed by atoms with van der Waals surface area (Å²) in [4.78, 5) is 49.6. The molecule has 2 fully saturated rings. The van der Waals surface area contributed by atoms with Crippen LogP contribution < -0.4 is 16.0 Å². The first kappa shape index (κ1) is 26.4. The van der Waals surface area contributed by atoms with Crippen molar-refractivity contribution < 1.29 is 27.6 Å². The molecular formula is C24H30F3N7O3. The summed E-state index contributed by atoms with van der Waals surface area (Å²) in [6.45, 7) is 0. The van der Waals surface area contributed by atoms with E-state index in [9.17, 15) is 27.6 Å². The SMILES string of the molecule is CN(C(=O)[C@@H]1[C@@H](Cc2ccnc(N)c2)C(=O)N1C(=O)N[C@@H](C1CCCCC1)C(F)(F)F)c1cn(C)cn1. The van der Waals surface area contributed by atoms with E-state index in [-0.39, 0.29) is 18.1 Å². The topological polar surface area (TPSA) is 126 Å². The van der Waals surface area contributed by atoms with E-state index in [4.69, 9.17) is 5.73 Å². The molecule has 0 bridgehead atoms. The Morgan fingerprint density at radius 1 is 1.24 bits per heavy atom. The van der Waals surface area contributed by atoms with Crippen LogP contribution in [-0.4, -0.2) is 62.6 Å². The van der Waals surface area contributed by atoms with Gasteiger partial charge in [-0.25, -0.2) is 14.8 Å². The summed E-state index contributed by atoms with van der Waals surface area (Å²) in [5.74, 6) is -2.63. The average molecular weight is 522 g/mol. The van der Waals surface area contributed by atoms with Crippen LogP contribution in [0.2, 0.25) is 0 Å². The predicted octanol–water partition coefficient (Wildman–Crippen LogP) is 2.65. The van der Waals surface area contributed by atoms with Gasteiger partial charge in [-0.05, 0) is 42.9 Å². The smallest absolute Gasteiger partial charge is 0.384 e. The van der Waals surface area contributed by atoms with Crippen LogP contribution in [0.3, 0.4) is 0 Å². The van der Waals surface area contributed by atoms with Crippen LogP contribution in [0.25, 0.3) is 0 Å². The van der Waals surface area contributed by atoms with Crippen LogP contribution in [0, 0.1) is 11.8 Å². The molecule has 1 saturated heterocycles. The van der Waals surface area contributed by atoms with Gasteiger partial charge in [-0.1, -0.05) is 19.3 Å². The zero-order chi connectivity index (χ0) is 26.9. The summed E-state index contributed by atoms with van der Waals surface area (Å²) in [5.41, 5.74) is 6.34. The highest BCUT2D eigenvalue weighted by Crippen LogP contribution is 2.37. The van der Waals surface area contributed by atoms with Crippen LogP contribution in [0.4, 0.5) is 29.6 Å². The maximum atomic E-state index is 13.9. The summed E-state index contributed by atoms with van der Waals surface area (Å²) >= 11 is 0. The number of likely N-dealkylation sites (N-methyl/N-ethyl adjacent to an activating group) is 1. The maximum absolute atomic E-state index is 13.9. The number of urea groups is 1. The van der Waals surface area contributed by atoms with Gasteiger partial charge in [0.15, 0.2) is 5.82 Å². The lowest BCUT2D eigenvalue weighted by molar-refractivity contribution is -0.170. The van der Waals surface area contributed by atoms with Gasteiger partial charge in [0.05, 0.1) is 12.2 Å². The van der Waals surface area contributed by atoms with Crippen LogP contribution in [-0.2, 0) is 23.1 Å². The Morgan fingerprint density at radius 3 is 2.54 bits per heavy atom. The van der Waals surface area contributed by atoms with Gasteiger partial charge in [-0.3, -0.25) is 19.4 Å². The number of pyridine rings is 1. The van der Waals surface area contributed by atoms with E-state index in [1.54, 1.807) is 29.9 Å². The van der Waals surface area contributed by atoms with Crippen molar-refractivity contribution >= 4 is 29.5 Å². The number of alkyl halides is 3. The number of anilines is 2. The van der Waals surface area contributed by atoms with E-state index in [1.807, 2.05) is 5.32 Å². The molecule has 1 aliphatic carbocycles. The molecule has 1 saturated carbocycles. The van der Waals surface area contributed by atoms with Crippen molar-refractivity contribution in [1.82, 2.24) is 24.8 Å². The van der Waals surface area contributed by atoms with Crippen molar-refractivity contribution in [2.75, 3.05) is 17.7 Å². The maximum Gasteiger partial charge on any atom is 0.408 e. The number of carbonyl (C=O) groups excluding carboxylic acids is 3. The van der Waals surface area contributed by atoms with E-state index >= 15 is 0 Å². The second kappa shape index (κ2) is 10.4. The Balaban J connectivity index is 1.59. The second-order valence-electron chi connectivity index (χ2n) is 9.71. The zero-order valence-corrected chi connectivity index (χ0v) is 20.6. The summed E-state index contributed by atoms with van der Waals surface area (Å²) in [5, 5.41) is 2.04. The van der Waals surface area contributed by atoms with E-state index < -0.39 is 47.9 Å². The molecule has 4 rings (SSSR count). The summed E-state index contributed by atoms with van der Waals surface area (Å²) < 4.78 is 43.4. The Labute approximate surface area is 212 Å². The minimum absolute atomic E-state index is 0.0626. The summed E-state index contributed by atoms with van der Waals surface area (Å²) in [6, 6.07) is -1.47. The van der Waals surface area contributed by atoms with Gasteiger partial charge in [0, 0.05) is 26.5 Å². The van der Waals surface area contributed by atoms with Crippen molar-refractivity contribution in [2.45, 2.75) is 56.8 Å². The fourth-order valence-corrected chi connectivity index (χ4v) is 5.15. The molecule has 200 valence electrons. The molecule has 3 heterocycles. The number of amides is 4. The number of imide groups is 1. The van der Waals surface area contributed by atoms with Crippen molar-refractivity contribution in [3.8, 4) is 0 Å². The normalized spacial score (nSPS) is 21.3. The van der Waals surface area contributed by atoms with Gasteiger partial charge in [-0.15, -0.1) is 0 Å². The third-order valence-electron chi connectivity index (χ3n) is 7.11. The Hall–Kier alpha value is -3.64. The summed E-state index contributed by atoms with van der Waals surface area (Å²) in [7, 11) is 3.15. The molecule has 2 aromatic heterocycles. The molecule has 3 atom stereocenters. The minimum Gasteiger partial charge on any atom is -0.384 e. The standard InChI is InChI=1S/C24H30F3N7O3/c1-32-12-18(30-13-32)33(2)22(36)19-16(10-14-8-9-29-17(28)11-14)21(35)34(19)23(37)31-20(24(25,26)27)15-6-4-3-5-7-15/h8-9,11-13,15-16,19-20H,3-7,10H2,1-2H3,(H2,28,29)(H,31,37)/t16-,19+,20+/m1/s1. The number of aromatic nitrogens is 3. The largest absolute Gasteiger partial charge is 0.408 e. The molecule has 2 aromatic rings. The van der Waals surface area contributed by atoms with E-state index in [2.05, 4.69) is 9.97 Å². The number of hydrogen-bond donors (Lipinski definition) is 2. The fourth-order valence-electron chi connectivity index (χ4n) is 5.15. The third kappa shape index (κ3) is 5.54. The van der Waals surface area contributed by atoms with Crippen molar-refractivity contribution in [3.05, 3.63) is 36.4 Å². The van der Waals surface area contributed by atoms with Gasteiger partial charge < -0.3 is 15.6 Å². The molecular weight excluding hydrogens is 491 g/mol. The number of imidazole rings is 1. The highest BCUT2D eigenvalue weighted by atomic mass is 19.4. The van der Waals surface area contributed by atoms with E-state index in [1.165, 1.54) is 24.5 Å². The van der Waals surface area contributed by atoms with E-state index in [0.29, 0.717) is 36.1 Å². The number of likely N-dealkylation sites (tertiary alicyclic amines) is 1. The van der Waals surface area contributed by atoms with Gasteiger partial charge >= 0.3 is 12.2 Å². The van der Waals surface area contributed by atoms with Crippen molar-refractivity contribution in [2.24, 2.45) is 18.9 Å². The molecule has 3 N–H and O–H groups in total. The van der Waals surface area contributed by atoms with Gasteiger partial charge in [0.25, 0.3) is 5.91 Å². The lowest BCUT2D eigenvalue weighted by atomic mass is 9.81. The fraction of sp³-hybridized carbons (Fsp3) is 0.542. The van der Waals surface area contributed by atoms with Crippen molar-refractivity contribution in [1.29, 1.82) is 0 Å². The van der Waals surface area contributed by atoms with Crippen LogP contribution >= 0.6 is 0 Å². The first-order chi connectivity index (χ1) is 17.5. The Morgan fingerprint density at radius 2 is 1.95 bits per heavy atom. The molecule has 1 aliphatic heterocycles. The zero-order valence-electron chi connectivity index (χ0n) is 20.6. The molecule has 37 heavy (non-hydrogen) atoms. The number of β-lactam (4-membered cyclic amide) rings is 1. The second-order valence-corrected chi connectivity index (χ2v) is 9.71. The third-order valence-corrected chi connectivity index (χ3v) is 7.11. The quantitative estimate of drug-likeness (QED) is 0.563. The molecule has 4 amide bonds. The minimum atomic E-state index is -4.69. The van der Waals surface area contributed by atoms with E-state index in [0.717, 1.165) is 6.42 Å².